The standard InChI is InChI=1S/C18H28O3/c1-13(16(19)20-7)21-15-10-8-14(9-11-15)18(5,6)12-17(2,3)4/h8-11,13H,12H2,1-7H3/t13-/m0/s1. The van der Waals surface area contributed by atoms with Crippen molar-refractivity contribution in [3.05, 3.63) is 29.8 Å². The highest BCUT2D eigenvalue weighted by atomic mass is 16.6. The molecule has 21 heavy (non-hydrogen) atoms. The van der Waals surface area contributed by atoms with Gasteiger partial charge in [0.05, 0.1) is 7.11 Å². The third-order valence-electron chi connectivity index (χ3n) is 3.45. The SMILES string of the molecule is COC(=O)[C@H](C)Oc1ccc(C(C)(C)CC(C)(C)C)cc1. The Morgan fingerprint density at radius 2 is 1.62 bits per heavy atom. The van der Waals surface area contributed by atoms with E-state index in [1.54, 1.807) is 6.92 Å². The highest BCUT2D eigenvalue weighted by Gasteiger charge is 2.27. The summed E-state index contributed by atoms with van der Waals surface area (Å²) in [6.45, 7) is 13.0. The number of hydrogen-bond donors (Lipinski definition) is 0. The van der Waals surface area contributed by atoms with Crippen LogP contribution in [0.4, 0.5) is 0 Å². The molecule has 0 aliphatic carbocycles. The van der Waals surface area contributed by atoms with E-state index < -0.39 is 6.10 Å². The summed E-state index contributed by atoms with van der Waals surface area (Å²) in [7, 11) is 1.36. The summed E-state index contributed by atoms with van der Waals surface area (Å²) in [6, 6.07) is 7.98. The minimum absolute atomic E-state index is 0.102. The Morgan fingerprint density at radius 3 is 2.05 bits per heavy atom. The van der Waals surface area contributed by atoms with E-state index in [-0.39, 0.29) is 16.8 Å². The lowest BCUT2D eigenvalue weighted by Crippen LogP contribution is -2.26. The van der Waals surface area contributed by atoms with Gasteiger partial charge in [-0.1, -0.05) is 46.8 Å². The number of esters is 1. The summed E-state index contributed by atoms with van der Waals surface area (Å²) < 4.78 is 10.2. The first-order valence-corrected chi connectivity index (χ1v) is 7.40. The average Bonchev–Trinajstić information content (AvgIpc) is 2.35. The van der Waals surface area contributed by atoms with Crippen molar-refractivity contribution in [2.75, 3.05) is 7.11 Å². The van der Waals surface area contributed by atoms with E-state index in [1.807, 2.05) is 12.1 Å². The van der Waals surface area contributed by atoms with Crippen molar-refractivity contribution in [3.8, 4) is 5.75 Å². The molecule has 0 saturated heterocycles. The fourth-order valence-corrected chi connectivity index (χ4v) is 2.83. The third kappa shape index (κ3) is 5.41. The zero-order valence-electron chi connectivity index (χ0n) is 14.3. The maximum atomic E-state index is 11.4. The van der Waals surface area contributed by atoms with Gasteiger partial charge >= 0.3 is 5.97 Å². The van der Waals surface area contributed by atoms with Crippen molar-refractivity contribution in [2.24, 2.45) is 5.41 Å². The highest BCUT2D eigenvalue weighted by molar-refractivity contribution is 5.74. The summed E-state index contributed by atoms with van der Waals surface area (Å²) in [5, 5.41) is 0. The van der Waals surface area contributed by atoms with Gasteiger partial charge in [-0.05, 0) is 41.9 Å². The lowest BCUT2D eigenvalue weighted by Gasteiger charge is -2.33. The molecule has 0 aliphatic rings. The monoisotopic (exact) mass is 292 g/mol. The van der Waals surface area contributed by atoms with E-state index in [0.717, 1.165) is 6.42 Å². The molecular weight excluding hydrogens is 264 g/mol. The molecule has 1 aromatic rings. The third-order valence-corrected chi connectivity index (χ3v) is 3.45. The minimum atomic E-state index is -0.594. The summed E-state index contributed by atoms with van der Waals surface area (Å²) in [4.78, 5) is 11.4. The number of ether oxygens (including phenoxy) is 2. The largest absolute Gasteiger partial charge is 0.479 e. The zero-order chi connectivity index (χ0) is 16.3. The summed E-state index contributed by atoms with van der Waals surface area (Å²) in [6.07, 6.45) is 0.502. The smallest absolute Gasteiger partial charge is 0.346 e. The van der Waals surface area contributed by atoms with E-state index in [9.17, 15) is 4.79 Å². The van der Waals surface area contributed by atoms with Crippen molar-refractivity contribution in [3.63, 3.8) is 0 Å². The van der Waals surface area contributed by atoms with E-state index >= 15 is 0 Å². The molecule has 0 saturated carbocycles. The Labute approximate surface area is 128 Å². The fraction of sp³-hybridized carbons (Fsp3) is 0.611. The van der Waals surface area contributed by atoms with Gasteiger partial charge in [-0.25, -0.2) is 4.79 Å². The number of carbonyl (C=O) groups excluding carboxylic acids is 1. The van der Waals surface area contributed by atoms with Crippen molar-refractivity contribution in [1.29, 1.82) is 0 Å². The van der Waals surface area contributed by atoms with Crippen LogP contribution in [0.2, 0.25) is 0 Å². The van der Waals surface area contributed by atoms with Crippen LogP contribution < -0.4 is 4.74 Å². The first-order valence-electron chi connectivity index (χ1n) is 7.40. The van der Waals surface area contributed by atoms with Gasteiger partial charge in [-0.2, -0.15) is 0 Å². The van der Waals surface area contributed by atoms with Gasteiger partial charge < -0.3 is 9.47 Å². The van der Waals surface area contributed by atoms with Gasteiger partial charge in [0.1, 0.15) is 5.75 Å². The number of carbonyl (C=O) groups is 1. The molecule has 1 atom stereocenters. The van der Waals surface area contributed by atoms with Crippen LogP contribution in [-0.4, -0.2) is 19.2 Å². The Kier molecular flexibility index (Phi) is 5.43. The zero-order valence-corrected chi connectivity index (χ0v) is 14.3. The van der Waals surface area contributed by atoms with Crippen LogP contribution in [0.1, 0.15) is 53.5 Å². The summed E-state index contributed by atoms with van der Waals surface area (Å²) in [5.41, 5.74) is 1.65. The first kappa shape index (κ1) is 17.5. The average molecular weight is 292 g/mol. The molecule has 0 spiro atoms. The van der Waals surface area contributed by atoms with Gasteiger partial charge in [0.2, 0.25) is 0 Å². The molecule has 0 heterocycles. The molecule has 0 bridgehead atoms. The summed E-state index contributed by atoms with van der Waals surface area (Å²) in [5.74, 6) is 0.315. The Bertz CT molecular complexity index is 466. The molecular formula is C18H28O3. The van der Waals surface area contributed by atoms with E-state index in [4.69, 9.17) is 4.74 Å². The van der Waals surface area contributed by atoms with E-state index in [1.165, 1.54) is 12.7 Å². The van der Waals surface area contributed by atoms with Gasteiger partial charge in [0.25, 0.3) is 0 Å². The second kappa shape index (κ2) is 6.50. The molecule has 0 N–H and O–H groups in total. The number of hydrogen-bond acceptors (Lipinski definition) is 3. The molecule has 1 rings (SSSR count). The molecule has 118 valence electrons. The van der Waals surface area contributed by atoms with Crippen molar-refractivity contribution in [2.45, 2.75) is 59.5 Å². The van der Waals surface area contributed by atoms with Gasteiger partial charge in [-0.15, -0.1) is 0 Å². The van der Waals surface area contributed by atoms with Crippen molar-refractivity contribution >= 4 is 5.97 Å². The number of benzene rings is 1. The molecule has 1 aromatic carbocycles. The summed E-state index contributed by atoms with van der Waals surface area (Å²) >= 11 is 0. The first-order chi connectivity index (χ1) is 9.55. The highest BCUT2D eigenvalue weighted by Crippen LogP contribution is 2.36. The number of methoxy groups -OCH3 is 1. The van der Waals surface area contributed by atoms with Crippen LogP contribution in [0.5, 0.6) is 5.75 Å². The van der Waals surface area contributed by atoms with Gasteiger partial charge in [-0.3, -0.25) is 0 Å². The normalized spacial score (nSPS) is 13.7. The van der Waals surface area contributed by atoms with E-state index in [0.29, 0.717) is 5.75 Å². The van der Waals surface area contributed by atoms with Crippen LogP contribution in [0.3, 0.4) is 0 Å². The van der Waals surface area contributed by atoms with E-state index in [2.05, 4.69) is 51.5 Å². The quantitative estimate of drug-likeness (QED) is 0.757. The van der Waals surface area contributed by atoms with Crippen molar-refractivity contribution < 1.29 is 14.3 Å². The molecule has 0 amide bonds. The lowest BCUT2D eigenvalue weighted by molar-refractivity contribution is -0.147. The topological polar surface area (TPSA) is 35.5 Å². The van der Waals surface area contributed by atoms with Crippen molar-refractivity contribution in [1.82, 2.24) is 0 Å². The predicted octanol–water partition coefficient (Wildman–Crippen LogP) is 4.34. The Morgan fingerprint density at radius 1 is 1.10 bits per heavy atom. The molecule has 0 unspecified atom stereocenters. The Hall–Kier alpha value is -1.51. The maximum Gasteiger partial charge on any atom is 0.346 e. The fourth-order valence-electron chi connectivity index (χ4n) is 2.83. The second-order valence-corrected chi connectivity index (χ2v) is 7.43. The molecule has 3 nitrogen and oxygen atoms in total. The van der Waals surface area contributed by atoms with Gasteiger partial charge in [0, 0.05) is 0 Å². The molecule has 0 radical (unpaired) electrons. The minimum Gasteiger partial charge on any atom is -0.479 e. The van der Waals surface area contributed by atoms with Crippen LogP contribution in [-0.2, 0) is 14.9 Å². The number of rotatable bonds is 5. The second-order valence-electron chi connectivity index (χ2n) is 7.43. The van der Waals surface area contributed by atoms with Crippen LogP contribution in [0.25, 0.3) is 0 Å². The van der Waals surface area contributed by atoms with Crippen LogP contribution in [0.15, 0.2) is 24.3 Å². The molecule has 0 aromatic heterocycles. The molecule has 0 aliphatic heterocycles. The maximum absolute atomic E-state index is 11.4. The molecule has 0 fully saturated rings. The Balaban J connectivity index is 2.80. The molecule has 3 heteroatoms. The van der Waals surface area contributed by atoms with Crippen LogP contribution in [0, 0.1) is 5.41 Å². The van der Waals surface area contributed by atoms with Crippen LogP contribution >= 0.6 is 0 Å². The van der Waals surface area contributed by atoms with Gasteiger partial charge in [0.15, 0.2) is 6.10 Å². The lowest BCUT2D eigenvalue weighted by atomic mass is 9.72. The predicted molar refractivity (Wildman–Crippen MR) is 85.6 cm³/mol.